The van der Waals surface area contributed by atoms with E-state index in [1.165, 1.54) is 4.90 Å². The van der Waals surface area contributed by atoms with Crippen LogP contribution in [0.1, 0.15) is 22.8 Å². The van der Waals surface area contributed by atoms with Crippen LogP contribution in [0.15, 0.2) is 42.5 Å². The molecule has 7 heteroatoms. The first-order valence-electron chi connectivity index (χ1n) is 9.22. The Labute approximate surface area is 170 Å². The predicted molar refractivity (Wildman–Crippen MR) is 114 cm³/mol. The van der Waals surface area contributed by atoms with Crippen LogP contribution in [0.25, 0.3) is 5.57 Å². The lowest BCUT2D eigenvalue weighted by atomic mass is 10.0. The first kappa shape index (κ1) is 20.3. The van der Waals surface area contributed by atoms with Gasteiger partial charge in [0.2, 0.25) is 0 Å². The number of amides is 2. The zero-order valence-corrected chi connectivity index (χ0v) is 17.2. The molecule has 2 aromatic carbocycles. The normalized spacial score (nSPS) is 14.8. The van der Waals surface area contributed by atoms with Crippen LogP contribution < -0.4 is 20.1 Å². The third-order valence-electron chi connectivity index (χ3n) is 4.66. The van der Waals surface area contributed by atoms with Gasteiger partial charge in [-0.3, -0.25) is 9.59 Å². The lowest BCUT2D eigenvalue weighted by Gasteiger charge is -2.14. The number of hydrogen-bond acceptors (Lipinski definition) is 5. The van der Waals surface area contributed by atoms with Gasteiger partial charge in [0.15, 0.2) is 11.5 Å². The number of nitrogens with zero attached hydrogens (tertiary/aromatic N) is 1. The minimum absolute atomic E-state index is 0.0460. The fourth-order valence-electron chi connectivity index (χ4n) is 3.20. The number of methoxy groups -OCH3 is 2. The van der Waals surface area contributed by atoms with Crippen LogP contribution in [0.2, 0.25) is 0 Å². The van der Waals surface area contributed by atoms with Gasteiger partial charge < -0.3 is 25.0 Å². The third kappa shape index (κ3) is 4.18. The monoisotopic (exact) mass is 395 g/mol. The third-order valence-corrected chi connectivity index (χ3v) is 4.66. The summed E-state index contributed by atoms with van der Waals surface area (Å²) in [5, 5.41) is 6.19. The standard InChI is InChI=1S/C22H25N3O4/c1-13(23-15-8-6-14(7-9-15)22(27)25(2)3)10-17-16-11-19(28-4)20(29-5)12-18(16)24-21(17)26/h6-13,23H,1-5H3,(H,24,26). The zero-order chi connectivity index (χ0) is 21.1. The molecule has 0 aromatic heterocycles. The molecule has 0 saturated carbocycles. The van der Waals surface area contributed by atoms with Gasteiger partial charge in [-0.05, 0) is 43.3 Å². The smallest absolute Gasteiger partial charge is 0.256 e. The van der Waals surface area contributed by atoms with Gasteiger partial charge in [-0.1, -0.05) is 0 Å². The summed E-state index contributed by atoms with van der Waals surface area (Å²) in [4.78, 5) is 26.0. The summed E-state index contributed by atoms with van der Waals surface area (Å²) in [6, 6.07) is 10.7. The highest BCUT2D eigenvalue weighted by atomic mass is 16.5. The number of nitrogens with one attached hydrogen (secondary N) is 2. The van der Waals surface area contributed by atoms with Gasteiger partial charge in [-0.2, -0.15) is 0 Å². The maximum Gasteiger partial charge on any atom is 0.256 e. The first-order chi connectivity index (χ1) is 13.8. The summed E-state index contributed by atoms with van der Waals surface area (Å²) in [5.74, 6) is 0.910. The van der Waals surface area contributed by atoms with Crippen LogP contribution >= 0.6 is 0 Å². The molecule has 2 aromatic rings. The van der Waals surface area contributed by atoms with Crippen molar-refractivity contribution in [3.8, 4) is 11.5 Å². The zero-order valence-electron chi connectivity index (χ0n) is 17.2. The van der Waals surface area contributed by atoms with E-state index >= 15 is 0 Å². The van der Waals surface area contributed by atoms with Gasteiger partial charge in [-0.25, -0.2) is 0 Å². The second kappa shape index (κ2) is 8.26. The van der Waals surface area contributed by atoms with Crippen molar-refractivity contribution in [2.75, 3.05) is 38.9 Å². The van der Waals surface area contributed by atoms with Crippen LogP contribution in [0.3, 0.4) is 0 Å². The first-order valence-corrected chi connectivity index (χ1v) is 9.22. The van der Waals surface area contributed by atoms with Crippen molar-refractivity contribution in [3.05, 3.63) is 53.6 Å². The van der Waals surface area contributed by atoms with Gasteiger partial charge >= 0.3 is 0 Å². The van der Waals surface area contributed by atoms with E-state index in [1.807, 2.05) is 25.1 Å². The summed E-state index contributed by atoms with van der Waals surface area (Å²) >= 11 is 0. The summed E-state index contributed by atoms with van der Waals surface area (Å²) in [6.45, 7) is 1.96. The summed E-state index contributed by atoms with van der Waals surface area (Å²) < 4.78 is 10.7. The lowest BCUT2D eigenvalue weighted by Crippen LogP contribution is -2.21. The number of rotatable bonds is 6. The maximum atomic E-state index is 12.5. The van der Waals surface area contributed by atoms with Gasteiger partial charge in [0, 0.05) is 48.6 Å². The van der Waals surface area contributed by atoms with E-state index in [4.69, 9.17) is 9.47 Å². The Kier molecular flexibility index (Phi) is 5.77. The molecular weight excluding hydrogens is 370 g/mol. The predicted octanol–water partition coefficient (Wildman–Crippen LogP) is 3.24. The van der Waals surface area contributed by atoms with Gasteiger partial charge in [0.25, 0.3) is 11.8 Å². The minimum atomic E-state index is -0.170. The lowest BCUT2D eigenvalue weighted by molar-refractivity contribution is -0.110. The van der Waals surface area contributed by atoms with Crippen molar-refractivity contribution in [3.63, 3.8) is 0 Å². The number of carbonyl (C=O) groups excluding carboxylic acids is 2. The molecule has 7 nitrogen and oxygen atoms in total. The van der Waals surface area contributed by atoms with Crippen LogP contribution in [0, 0.1) is 0 Å². The molecule has 1 heterocycles. The molecule has 1 aliphatic rings. The Balaban J connectivity index is 1.80. The fourth-order valence-corrected chi connectivity index (χ4v) is 3.20. The fraction of sp³-hybridized carbons (Fsp3) is 0.273. The van der Waals surface area contributed by atoms with E-state index < -0.39 is 0 Å². The molecule has 1 aliphatic heterocycles. The Morgan fingerprint density at radius 1 is 1.10 bits per heavy atom. The summed E-state index contributed by atoms with van der Waals surface area (Å²) in [7, 11) is 6.56. The molecule has 1 unspecified atom stereocenters. The van der Waals surface area contributed by atoms with E-state index in [9.17, 15) is 9.59 Å². The largest absolute Gasteiger partial charge is 0.493 e. The molecule has 0 bridgehead atoms. The van der Waals surface area contributed by atoms with Gasteiger partial charge in [0.1, 0.15) is 0 Å². The maximum absolute atomic E-state index is 12.5. The Hall–Kier alpha value is -3.48. The molecule has 2 amide bonds. The van der Waals surface area contributed by atoms with E-state index in [0.717, 1.165) is 11.3 Å². The average Bonchev–Trinajstić information content (AvgIpc) is 3.00. The van der Waals surface area contributed by atoms with Gasteiger partial charge in [-0.15, -0.1) is 0 Å². The summed E-state index contributed by atoms with van der Waals surface area (Å²) in [5.41, 5.74) is 3.51. The van der Waals surface area contributed by atoms with E-state index in [2.05, 4.69) is 10.6 Å². The number of fused-ring (bicyclic) bond motifs is 1. The minimum Gasteiger partial charge on any atom is -0.493 e. The highest BCUT2D eigenvalue weighted by molar-refractivity contribution is 6.31. The second-order valence-corrected chi connectivity index (χ2v) is 7.00. The molecule has 0 aliphatic carbocycles. The van der Waals surface area contributed by atoms with Crippen LogP contribution in [0.5, 0.6) is 11.5 Å². The van der Waals surface area contributed by atoms with Crippen LogP contribution in [0.4, 0.5) is 11.4 Å². The molecular formula is C22H25N3O4. The number of benzene rings is 2. The Bertz CT molecular complexity index is 965. The van der Waals surface area contributed by atoms with Gasteiger partial charge in [0.05, 0.1) is 19.9 Å². The number of hydrogen-bond donors (Lipinski definition) is 2. The molecule has 0 spiro atoms. The number of anilines is 2. The molecule has 0 saturated heterocycles. The van der Waals surface area contributed by atoms with Crippen molar-refractivity contribution in [2.45, 2.75) is 13.0 Å². The quantitative estimate of drug-likeness (QED) is 0.734. The van der Waals surface area contributed by atoms with Crippen LogP contribution in [-0.2, 0) is 4.79 Å². The number of ether oxygens (including phenoxy) is 2. The number of carbonyl (C=O) groups is 2. The highest BCUT2D eigenvalue weighted by Gasteiger charge is 2.27. The highest BCUT2D eigenvalue weighted by Crippen LogP contribution is 2.40. The molecule has 152 valence electrons. The molecule has 2 N–H and O–H groups in total. The van der Waals surface area contributed by atoms with Crippen molar-refractivity contribution >= 4 is 28.8 Å². The van der Waals surface area contributed by atoms with Crippen molar-refractivity contribution < 1.29 is 19.1 Å². The van der Waals surface area contributed by atoms with Crippen molar-refractivity contribution in [2.24, 2.45) is 0 Å². The Morgan fingerprint density at radius 2 is 1.72 bits per heavy atom. The van der Waals surface area contributed by atoms with Crippen molar-refractivity contribution in [1.29, 1.82) is 0 Å². The topological polar surface area (TPSA) is 79.9 Å². The molecule has 1 atom stereocenters. The second-order valence-electron chi connectivity index (χ2n) is 7.00. The molecule has 0 fully saturated rings. The van der Waals surface area contributed by atoms with E-state index in [-0.39, 0.29) is 17.9 Å². The van der Waals surface area contributed by atoms with E-state index in [0.29, 0.717) is 28.3 Å². The Morgan fingerprint density at radius 3 is 2.31 bits per heavy atom. The molecule has 0 radical (unpaired) electrons. The van der Waals surface area contributed by atoms with Crippen LogP contribution in [-0.4, -0.2) is 51.1 Å². The van der Waals surface area contributed by atoms with E-state index in [1.54, 1.807) is 52.6 Å². The molecule has 3 rings (SSSR count). The SMILES string of the molecule is COc1cc2c(cc1OC)C(=CC(C)Nc1ccc(C(=O)N(C)C)cc1)C(=O)N2. The molecule has 29 heavy (non-hydrogen) atoms. The summed E-state index contributed by atoms with van der Waals surface area (Å²) in [6.07, 6.45) is 1.87. The average molecular weight is 395 g/mol. The van der Waals surface area contributed by atoms with Crippen molar-refractivity contribution in [1.82, 2.24) is 4.90 Å².